The van der Waals surface area contributed by atoms with Gasteiger partial charge >= 0.3 is 5.97 Å². The number of esters is 1. The van der Waals surface area contributed by atoms with Crippen LogP contribution in [0.4, 0.5) is 0 Å². The quantitative estimate of drug-likeness (QED) is 0.275. The first-order valence-corrected chi connectivity index (χ1v) is 8.86. The number of benzene rings is 1. The van der Waals surface area contributed by atoms with Gasteiger partial charge in [-0.05, 0) is 54.7 Å². The largest absolute Gasteiger partial charge is 0.493 e. The van der Waals surface area contributed by atoms with Crippen molar-refractivity contribution in [2.75, 3.05) is 7.11 Å². The molecule has 2 N–H and O–H groups in total. The van der Waals surface area contributed by atoms with E-state index in [9.17, 15) is 4.79 Å². The zero-order chi connectivity index (χ0) is 18.2. The molecule has 0 unspecified atom stereocenters. The monoisotopic (exact) mass is 363 g/mol. The first-order valence-electron chi connectivity index (χ1n) is 8.45. The van der Waals surface area contributed by atoms with Crippen molar-refractivity contribution in [2.45, 2.75) is 45.6 Å². The summed E-state index contributed by atoms with van der Waals surface area (Å²) in [4.78, 5) is 11.1. The Hall–Kier alpha value is -2.15. The van der Waals surface area contributed by atoms with Crippen LogP contribution in [0.5, 0.6) is 11.5 Å². The molecule has 6 nitrogen and oxygen atoms in total. The van der Waals surface area contributed by atoms with E-state index < -0.39 is 5.97 Å². The van der Waals surface area contributed by atoms with Gasteiger partial charge in [-0.1, -0.05) is 19.8 Å². The van der Waals surface area contributed by atoms with Crippen LogP contribution in [-0.4, -0.2) is 30.4 Å². The summed E-state index contributed by atoms with van der Waals surface area (Å²) in [5.74, 6) is 1.07. The van der Waals surface area contributed by atoms with Crippen LogP contribution in [-0.2, 0) is 4.79 Å². The van der Waals surface area contributed by atoms with E-state index in [0.29, 0.717) is 28.6 Å². The summed E-state index contributed by atoms with van der Waals surface area (Å²) < 4.78 is 10.3. The minimum Gasteiger partial charge on any atom is -0.493 e. The van der Waals surface area contributed by atoms with Crippen molar-refractivity contribution in [2.24, 2.45) is 11.0 Å². The lowest BCUT2D eigenvalue weighted by Crippen LogP contribution is -2.44. The molecule has 1 aromatic carbocycles. The van der Waals surface area contributed by atoms with Gasteiger partial charge in [0, 0.05) is 13.0 Å². The normalized spacial score (nSPS) is 20.1. The summed E-state index contributed by atoms with van der Waals surface area (Å²) >= 11 is 5.30. The number of nitrogens with zero attached hydrogens (tertiary/aromatic N) is 1. The fourth-order valence-corrected chi connectivity index (χ4v) is 3.10. The summed E-state index contributed by atoms with van der Waals surface area (Å²) in [6.45, 7) is 3.60. The highest BCUT2D eigenvalue weighted by atomic mass is 32.1. The zero-order valence-corrected chi connectivity index (χ0v) is 15.7. The maximum atomic E-state index is 11.1. The molecule has 1 aliphatic rings. The second-order valence-corrected chi connectivity index (χ2v) is 6.62. The van der Waals surface area contributed by atoms with Crippen LogP contribution in [0.25, 0.3) is 0 Å². The molecule has 1 saturated carbocycles. The summed E-state index contributed by atoms with van der Waals surface area (Å²) in [6, 6.07) is 5.60. The minimum atomic E-state index is -0.394. The predicted octanol–water partition coefficient (Wildman–Crippen LogP) is 3.00. The van der Waals surface area contributed by atoms with Gasteiger partial charge in [-0.2, -0.15) is 5.10 Å². The summed E-state index contributed by atoms with van der Waals surface area (Å²) in [5.41, 5.74) is 3.65. The lowest BCUT2D eigenvalue weighted by atomic mass is 9.86. The van der Waals surface area contributed by atoms with Crippen molar-refractivity contribution in [1.82, 2.24) is 10.7 Å². The number of hydrogen-bond donors (Lipinski definition) is 2. The SMILES string of the molecule is COc1cc(/C=N\NC(=S)N[C@H]2CCCC[C@@H]2C)ccc1OC(C)=O. The van der Waals surface area contributed by atoms with Crippen LogP contribution in [0.1, 0.15) is 45.1 Å². The zero-order valence-electron chi connectivity index (χ0n) is 14.9. The topological polar surface area (TPSA) is 71.9 Å². The van der Waals surface area contributed by atoms with Gasteiger partial charge in [-0.15, -0.1) is 0 Å². The van der Waals surface area contributed by atoms with E-state index in [-0.39, 0.29) is 0 Å². The lowest BCUT2D eigenvalue weighted by molar-refractivity contribution is -0.132. The Balaban J connectivity index is 1.90. The fourth-order valence-electron chi connectivity index (χ4n) is 2.90. The number of nitrogens with one attached hydrogen (secondary N) is 2. The van der Waals surface area contributed by atoms with E-state index in [1.54, 1.807) is 24.4 Å². The van der Waals surface area contributed by atoms with Crippen molar-refractivity contribution in [3.63, 3.8) is 0 Å². The Bertz CT molecular complexity index is 648. The molecule has 0 amide bonds. The molecule has 136 valence electrons. The molecule has 0 radical (unpaired) electrons. The highest BCUT2D eigenvalue weighted by molar-refractivity contribution is 7.80. The van der Waals surface area contributed by atoms with Crippen LogP contribution in [0.3, 0.4) is 0 Å². The molecule has 0 heterocycles. The van der Waals surface area contributed by atoms with Gasteiger partial charge in [0.15, 0.2) is 16.6 Å². The highest BCUT2D eigenvalue weighted by Gasteiger charge is 2.21. The molecule has 1 aromatic rings. The van der Waals surface area contributed by atoms with Crippen molar-refractivity contribution in [1.29, 1.82) is 0 Å². The number of carbonyl (C=O) groups excluding carboxylic acids is 1. The first-order chi connectivity index (χ1) is 12.0. The molecule has 0 saturated heterocycles. The van der Waals surface area contributed by atoms with E-state index >= 15 is 0 Å². The van der Waals surface area contributed by atoms with E-state index in [4.69, 9.17) is 21.7 Å². The molecule has 1 fully saturated rings. The van der Waals surface area contributed by atoms with Crippen LogP contribution in [0.15, 0.2) is 23.3 Å². The van der Waals surface area contributed by atoms with Crippen LogP contribution in [0.2, 0.25) is 0 Å². The number of methoxy groups -OCH3 is 1. The molecule has 0 bridgehead atoms. The number of carbonyl (C=O) groups is 1. The van der Waals surface area contributed by atoms with Gasteiger partial charge in [0.05, 0.1) is 13.3 Å². The van der Waals surface area contributed by atoms with Crippen molar-refractivity contribution >= 4 is 29.5 Å². The smallest absolute Gasteiger partial charge is 0.308 e. The van der Waals surface area contributed by atoms with E-state index in [2.05, 4.69) is 22.8 Å². The van der Waals surface area contributed by atoms with Crippen molar-refractivity contribution in [3.05, 3.63) is 23.8 Å². The Morgan fingerprint density at radius 2 is 2.08 bits per heavy atom. The maximum absolute atomic E-state index is 11.1. The number of hydrazone groups is 1. The first kappa shape index (κ1) is 19.2. The number of rotatable bonds is 5. The van der Waals surface area contributed by atoms with E-state index in [0.717, 1.165) is 12.0 Å². The molecule has 0 spiro atoms. The third kappa shape index (κ3) is 6.01. The van der Waals surface area contributed by atoms with Crippen LogP contribution < -0.4 is 20.2 Å². The molecule has 25 heavy (non-hydrogen) atoms. The maximum Gasteiger partial charge on any atom is 0.308 e. The average Bonchev–Trinajstić information content (AvgIpc) is 2.57. The molecule has 2 atom stereocenters. The third-order valence-corrected chi connectivity index (χ3v) is 4.46. The molecule has 0 aromatic heterocycles. The highest BCUT2D eigenvalue weighted by Crippen LogP contribution is 2.27. The number of hydrogen-bond acceptors (Lipinski definition) is 5. The van der Waals surface area contributed by atoms with Crippen LogP contribution in [0, 0.1) is 5.92 Å². The molecule has 2 rings (SSSR count). The molecular weight excluding hydrogens is 338 g/mol. The molecular formula is C18H25N3O3S. The summed E-state index contributed by atoms with van der Waals surface area (Å²) in [5, 5.41) is 8.02. The predicted molar refractivity (Wildman–Crippen MR) is 102 cm³/mol. The second kappa shape index (κ2) is 9.36. The second-order valence-electron chi connectivity index (χ2n) is 6.22. The average molecular weight is 363 g/mol. The van der Waals surface area contributed by atoms with Gasteiger partial charge in [0.2, 0.25) is 0 Å². The van der Waals surface area contributed by atoms with Gasteiger partial charge in [0.25, 0.3) is 0 Å². The lowest BCUT2D eigenvalue weighted by Gasteiger charge is -2.30. The molecule has 7 heteroatoms. The molecule has 0 aliphatic heterocycles. The van der Waals surface area contributed by atoms with Gasteiger partial charge in [-0.25, -0.2) is 0 Å². The minimum absolute atomic E-state index is 0.378. The molecule has 1 aliphatic carbocycles. The summed E-state index contributed by atoms with van der Waals surface area (Å²) in [7, 11) is 1.52. The standard InChI is InChI=1S/C18H25N3O3S/c1-12-6-4-5-7-15(12)20-18(25)21-19-11-14-8-9-16(24-13(2)22)17(10-14)23-3/h8-12,15H,4-7H2,1-3H3,(H2,20,21,25)/b19-11-/t12-,15-/m0/s1. The Labute approximate surface area is 154 Å². The number of ether oxygens (including phenoxy) is 2. The van der Waals surface area contributed by atoms with E-state index in [1.165, 1.54) is 33.3 Å². The van der Waals surface area contributed by atoms with Crippen molar-refractivity contribution < 1.29 is 14.3 Å². The fraction of sp³-hybridized carbons (Fsp3) is 0.500. The Kier molecular flexibility index (Phi) is 7.18. The number of thiocarbonyl (C=S) groups is 1. The van der Waals surface area contributed by atoms with Gasteiger partial charge in [-0.3, -0.25) is 10.2 Å². The van der Waals surface area contributed by atoms with Gasteiger partial charge < -0.3 is 14.8 Å². The van der Waals surface area contributed by atoms with Gasteiger partial charge in [0.1, 0.15) is 0 Å². The Morgan fingerprint density at radius 1 is 1.32 bits per heavy atom. The van der Waals surface area contributed by atoms with E-state index in [1.807, 2.05) is 0 Å². The summed E-state index contributed by atoms with van der Waals surface area (Å²) in [6.07, 6.45) is 6.54. The third-order valence-electron chi connectivity index (χ3n) is 4.25. The Morgan fingerprint density at radius 3 is 2.76 bits per heavy atom. The van der Waals surface area contributed by atoms with Crippen molar-refractivity contribution in [3.8, 4) is 11.5 Å². The van der Waals surface area contributed by atoms with Crippen LogP contribution >= 0.6 is 12.2 Å².